The van der Waals surface area contributed by atoms with Gasteiger partial charge in [-0.2, -0.15) is 0 Å². The molecule has 0 bridgehead atoms. The second-order valence-electron chi connectivity index (χ2n) is 4.27. The van der Waals surface area contributed by atoms with E-state index in [9.17, 15) is 9.90 Å². The van der Waals surface area contributed by atoms with Crippen molar-refractivity contribution in [2.45, 2.75) is 6.10 Å². The summed E-state index contributed by atoms with van der Waals surface area (Å²) in [4.78, 5) is 10.9. The van der Waals surface area contributed by atoms with Gasteiger partial charge >= 0.3 is 5.97 Å². The average Bonchev–Trinajstić information content (AvgIpc) is 2.42. The molecule has 0 amide bonds. The average molecular weight is 366 g/mol. The Balaban J connectivity index is 2.57. The van der Waals surface area contributed by atoms with Crippen LogP contribution >= 0.6 is 46.4 Å². The highest BCUT2D eigenvalue weighted by Gasteiger charge is 2.18. The summed E-state index contributed by atoms with van der Waals surface area (Å²) in [5.41, 5.74) is 1.33. The van der Waals surface area contributed by atoms with E-state index in [2.05, 4.69) is 0 Å². The van der Waals surface area contributed by atoms with Crippen LogP contribution in [0, 0.1) is 0 Å². The van der Waals surface area contributed by atoms with Crippen LogP contribution in [-0.2, 0) is 4.79 Å². The van der Waals surface area contributed by atoms with Gasteiger partial charge in [-0.15, -0.1) is 0 Å². The van der Waals surface area contributed by atoms with Crippen LogP contribution in [0.15, 0.2) is 30.3 Å². The Kier molecular flexibility index (Phi) is 5.02. The van der Waals surface area contributed by atoms with Crippen LogP contribution in [0.5, 0.6) is 0 Å². The smallest absolute Gasteiger partial charge is 0.337 e. The third kappa shape index (κ3) is 3.62. The number of carbonyl (C=O) groups is 1. The lowest BCUT2D eigenvalue weighted by Crippen LogP contribution is -2.10. The molecule has 2 N–H and O–H groups in total. The van der Waals surface area contributed by atoms with E-state index >= 15 is 0 Å². The molecule has 0 heterocycles. The number of carboxylic acids is 1. The molecule has 2 aromatic carbocycles. The third-order valence-corrected chi connectivity index (χ3v) is 4.20. The molecule has 1 atom stereocenters. The predicted octanol–water partition coefficient (Wildman–Crippen LogP) is 5.09. The molecule has 0 aromatic heterocycles. The maximum atomic E-state index is 10.9. The van der Waals surface area contributed by atoms with E-state index in [1.807, 2.05) is 0 Å². The zero-order chi connectivity index (χ0) is 15.7. The Labute approximate surface area is 140 Å². The van der Waals surface area contributed by atoms with Crippen molar-refractivity contribution >= 4 is 52.4 Å². The van der Waals surface area contributed by atoms with Crippen LogP contribution in [-0.4, -0.2) is 16.2 Å². The van der Waals surface area contributed by atoms with Crippen molar-refractivity contribution < 1.29 is 15.0 Å². The molecule has 1 unspecified atom stereocenters. The van der Waals surface area contributed by atoms with Crippen molar-refractivity contribution in [1.82, 2.24) is 0 Å². The highest BCUT2D eigenvalue weighted by molar-refractivity contribution is 6.48. The number of hydrogen-bond donors (Lipinski definition) is 2. The van der Waals surface area contributed by atoms with Crippen molar-refractivity contribution in [2.75, 3.05) is 0 Å². The number of hydrogen-bond acceptors (Lipinski definition) is 2. The maximum Gasteiger partial charge on any atom is 0.337 e. The van der Waals surface area contributed by atoms with Gasteiger partial charge in [0, 0.05) is 5.02 Å². The van der Waals surface area contributed by atoms with Gasteiger partial charge in [0.15, 0.2) is 6.10 Å². The van der Waals surface area contributed by atoms with Crippen LogP contribution in [0.1, 0.15) is 11.7 Å². The van der Waals surface area contributed by atoms with Crippen LogP contribution in [0.2, 0.25) is 20.1 Å². The summed E-state index contributed by atoms with van der Waals surface area (Å²) in [6, 6.07) is 7.65. The molecule has 0 aliphatic carbocycles. The largest absolute Gasteiger partial charge is 0.479 e. The number of carboxylic acid groups (broad SMARTS) is 1. The zero-order valence-electron chi connectivity index (χ0n) is 10.3. The van der Waals surface area contributed by atoms with Crippen molar-refractivity contribution in [1.29, 1.82) is 0 Å². The van der Waals surface area contributed by atoms with Crippen molar-refractivity contribution in [3.05, 3.63) is 56.0 Å². The summed E-state index contributed by atoms with van der Waals surface area (Å²) >= 11 is 23.8. The SMILES string of the molecule is O=C(O)C(O)c1cc(Cl)cc(-c2cc(Cl)c(Cl)c(Cl)c2)c1. The molecule has 0 spiro atoms. The number of aliphatic carboxylic acids is 1. The Hall–Kier alpha value is -0.970. The van der Waals surface area contributed by atoms with Crippen LogP contribution in [0.4, 0.5) is 0 Å². The van der Waals surface area contributed by atoms with Gasteiger partial charge in [0.1, 0.15) is 0 Å². The molecule has 2 rings (SSSR count). The molecule has 0 fully saturated rings. The lowest BCUT2D eigenvalue weighted by molar-refractivity contribution is -0.146. The lowest BCUT2D eigenvalue weighted by atomic mass is 10.0. The number of halogens is 4. The topological polar surface area (TPSA) is 57.5 Å². The second-order valence-corrected chi connectivity index (χ2v) is 5.90. The third-order valence-electron chi connectivity index (χ3n) is 2.79. The molecule has 0 saturated carbocycles. The minimum atomic E-state index is -1.67. The molecule has 3 nitrogen and oxygen atoms in total. The molecule has 0 aliphatic heterocycles. The Morgan fingerprint density at radius 3 is 1.95 bits per heavy atom. The standard InChI is InChI=1S/C14H8Cl4O3/c15-9-2-6(1-8(3-9)13(19)14(20)21)7-4-10(16)12(18)11(17)5-7/h1-5,13,19H,(H,20,21). The van der Waals surface area contributed by atoms with E-state index in [0.717, 1.165) is 0 Å². The van der Waals surface area contributed by atoms with Gasteiger partial charge in [0.25, 0.3) is 0 Å². The van der Waals surface area contributed by atoms with E-state index in [4.69, 9.17) is 51.5 Å². The fourth-order valence-electron chi connectivity index (χ4n) is 1.80. The van der Waals surface area contributed by atoms with Crippen LogP contribution in [0.3, 0.4) is 0 Å². The van der Waals surface area contributed by atoms with Gasteiger partial charge in [0.05, 0.1) is 15.1 Å². The van der Waals surface area contributed by atoms with E-state index in [-0.39, 0.29) is 25.7 Å². The molecule has 0 radical (unpaired) electrons. The minimum absolute atomic E-state index is 0.159. The summed E-state index contributed by atoms with van der Waals surface area (Å²) < 4.78 is 0. The molecule has 110 valence electrons. The number of aliphatic hydroxyl groups is 1. The quantitative estimate of drug-likeness (QED) is 0.745. The normalized spacial score (nSPS) is 12.2. The first-order valence-electron chi connectivity index (χ1n) is 5.66. The summed E-state index contributed by atoms with van der Waals surface area (Å²) in [6.07, 6.45) is -1.67. The summed E-state index contributed by atoms with van der Waals surface area (Å²) in [7, 11) is 0. The fourth-order valence-corrected chi connectivity index (χ4v) is 2.64. The number of aliphatic hydroxyl groups excluding tert-OH is 1. The van der Waals surface area contributed by atoms with E-state index in [1.165, 1.54) is 12.1 Å². The molecule has 0 saturated heterocycles. The van der Waals surface area contributed by atoms with Gasteiger partial charge in [0.2, 0.25) is 0 Å². The van der Waals surface area contributed by atoms with Crippen molar-refractivity contribution in [2.24, 2.45) is 0 Å². The minimum Gasteiger partial charge on any atom is -0.479 e. The highest BCUT2D eigenvalue weighted by atomic mass is 35.5. The first-order chi connectivity index (χ1) is 9.79. The zero-order valence-corrected chi connectivity index (χ0v) is 13.3. The van der Waals surface area contributed by atoms with Gasteiger partial charge in [-0.05, 0) is 47.0 Å². The fraction of sp³-hybridized carbons (Fsp3) is 0.0714. The van der Waals surface area contributed by atoms with Gasteiger partial charge in [-0.25, -0.2) is 4.79 Å². The Morgan fingerprint density at radius 1 is 0.905 bits per heavy atom. The van der Waals surface area contributed by atoms with Gasteiger partial charge in [-0.3, -0.25) is 0 Å². The number of rotatable bonds is 3. The first-order valence-corrected chi connectivity index (χ1v) is 7.17. The van der Waals surface area contributed by atoms with Crippen LogP contribution < -0.4 is 0 Å². The van der Waals surface area contributed by atoms with E-state index in [0.29, 0.717) is 11.1 Å². The lowest BCUT2D eigenvalue weighted by Gasteiger charge is -2.11. The van der Waals surface area contributed by atoms with Gasteiger partial charge in [-0.1, -0.05) is 46.4 Å². The Bertz CT molecular complexity index is 692. The molecule has 2 aromatic rings. The summed E-state index contributed by atoms with van der Waals surface area (Å²) in [5.74, 6) is -1.37. The molecular weight excluding hydrogens is 358 g/mol. The first kappa shape index (κ1) is 16.4. The highest BCUT2D eigenvalue weighted by Crippen LogP contribution is 2.36. The maximum absolute atomic E-state index is 10.9. The summed E-state index contributed by atoms with van der Waals surface area (Å²) in [6.45, 7) is 0. The molecule has 0 aliphatic rings. The van der Waals surface area contributed by atoms with E-state index < -0.39 is 12.1 Å². The second kappa shape index (κ2) is 6.42. The molecule has 21 heavy (non-hydrogen) atoms. The van der Waals surface area contributed by atoms with Crippen molar-refractivity contribution in [3.8, 4) is 11.1 Å². The Morgan fingerprint density at radius 2 is 1.43 bits per heavy atom. The number of benzene rings is 2. The van der Waals surface area contributed by atoms with E-state index in [1.54, 1.807) is 18.2 Å². The molecular formula is C14H8Cl4O3. The monoisotopic (exact) mass is 364 g/mol. The summed E-state index contributed by atoms with van der Waals surface area (Å²) in [5, 5.41) is 19.5. The molecule has 7 heteroatoms. The van der Waals surface area contributed by atoms with Crippen molar-refractivity contribution in [3.63, 3.8) is 0 Å². The predicted molar refractivity (Wildman–Crippen MR) is 84.5 cm³/mol. The van der Waals surface area contributed by atoms with Gasteiger partial charge < -0.3 is 10.2 Å². The van der Waals surface area contributed by atoms with Crippen LogP contribution in [0.25, 0.3) is 11.1 Å².